The first-order valence-electron chi connectivity index (χ1n) is 5.89. The van der Waals surface area contributed by atoms with E-state index in [1.165, 1.54) is 12.8 Å². The Balaban J connectivity index is 1.67. The zero-order valence-corrected chi connectivity index (χ0v) is 8.93. The number of hydrogen-bond acceptors (Lipinski definition) is 2. The van der Waals surface area contributed by atoms with Crippen LogP contribution in [0.25, 0.3) is 0 Å². The second kappa shape index (κ2) is 3.99. The first-order chi connectivity index (χ1) is 7.43. The van der Waals surface area contributed by atoms with Gasteiger partial charge >= 0.3 is 0 Å². The molecule has 3 heteroatoms. The fourth-order valence-corrected chi connectivity index (χ4v) is 2.92. The lowest BCUT2D eigenvalue weighted by molar-refractivity contribution is -0.0179. The van der Waals surface area contributed by atoms with Crippen LogP contribution in [0.15, 0.2) is 24.5 Å². The molecule has 2 aliphatic rings. The van der Waals surface area contributed by atoms with Crippen LogP contribution in [0.2, 0.25) is 0 Å². The standard InChI is InChI=1S/C12H18N2O/c1-2-7-14(6-1)9-10-3-4-11-12(10)15-8-5-13-11/h1-2,6-7,10-13H,3-5,8-9H2/t10-,11+,12+/m0/s1. The summed E-state index contributed by atoms with van der Waals surface area (Å²) in [5, 5.41) is 3.56. The number of aromatic nitrogens is 1. The molecule has 3 atom stereocenters. The highest BCUT2D eigenvalue weighted by atomic mass is 16.5. The quantitative estimate of drug-likeness (QED) is 0.788. The lowest BCUT2D eigenvalue weighted by atomic mass is 10.0. The van der Waals surface area contributed by atoms with E-state index in [0.717, 1.165) is 19.7 Å². The topological polar surface area (TPSA) is 26.2 Å². The van der Waals surface area contributed by atoms with Gasteiger partial charge in [0.25, 0.3) is 0 Å². The van der Waals surface area contributed by atoms with E-state index < -0.39 is 0 Å². The second-order valence-electron chi connectivity index (χ2n) is 4.61. The number of fused-ring (bicyclic) bond motifs is 1. The molecule has 0 unspecified atom stereocenters. The lowest BCUT2D eigenvalue weighted by Gasteiger charge is -2.30. The van der Waals surface area contributed by atoms with Gasteiger partial charge in [0.1, 0.15) is 0 Å². The largest absolute Gasteiger partial charge is 0.375 e. The SMILES string of the molecule is c1ccn(C[C@@H]2CC[C@H]3NCCO[C@H]23)c1. The van der Waals surface area contributed by atoms with Crippen LogP contribution in [0.4, 0.5) is 0 Å². The predicted molar refractivity (Wildman–Crippen MR) is 58.7 cm³/mol. The normalized spacial score (nSPS) is 35.3. The first-order valence-corrected chi connectivity index (χ1v) is 5.89. The van der Waals surface area contributed by atoms with E-state index in [1.54, 1.807) is 0 Å². The number of nitrogens with one attached hydrogen (secondary N) is 1. The Labute approximate surface area is 90.4 Å². The van der Waals surface area contributed by atoms with Crippen LogP contribution in [-0.4, -0.2) is 29.9 Å². The van der Waals surface area contributed by atoms with Crippen molar-refractivity contribution in [2.24, 2.45) is 5.92 Å². The molecule has 1 aromatic heterocycles. The number of morpholine rings is 1. The van der Waals surface area contributed by atoms with Gasteiger partial charge in [-0.2, -0.15) is 0 Å². The summed E-state index contributed by atoms with van der Waals surface area (Å²) in [6, 6.07) is 4.79. The highest BCUT2D eigenvalue weighted by Gasteiger charge is 2.38. The summed E-state index contributed by atoms with van der Waals surface area (Å²) in [6.45, 7) is 3.01. The minimum Gasteiger partial charge on any atom is -0.375 e. The van der Waals surface area contributed by atoms with Gasteiger partial charge in [0.2, 0.25) is 0 Å². The Morgan fingerprint density at radius 1 is 1.27 bits per heavy atom. The van der Waals surface area contributed by atoms with Crippen LogP contribution in [0.3, 0.4) is 0 Å². The van der Waals surface area contributed by atoms with Crippen molar-refractivity contribution in [2.45, 2.75) is 31.5 Å². The maximum Gasteiger partial charge on any atom is 0.0773 e. The summed E-state index contributed by atoms with van der Waals surface area (Å²) >= 11 is 0. The fraction of sp³-hybridized carbons (Fsp3) is 0.667. The van der Waals surface area contributed by atoms with Crippen molar-refractivity contribution in [3.05, 3.63) is 24.5 Å². The number of hydrogen-bond donors (Lipinski definition) is 1. The molecule has 0 radical (unpaired) electrons. The van der Waals surface area contributed by atoms with Gasteiger partial charge in [0.15, 0.2) is 0 Å². The molecule has 0 aromatic carbocycles. The van der Waals surface area contributed by atoms with E-state index in [0.29, 0.717) is 18.1 Å². The van der Waals surface area contributed by atoms with Gasteiger partial charge in [-0.25, -0.2) is 0 Å². The third kappa shape index (κ3) is 1.82. The molecule has 82 valence electrons. The molecule has 2 fully saturated rings. The third-order valence-electron chi connectivity index (χ3n) is 3.64. The molecule has 15 heavy (non-hydrogen) atoms. The minimum atomic E-state index is 0.446. The maximum absolute atomic E-state index is 5.89. The van der Waals surface area contributed by atoms with Gasteiger partial charge in [-0.3, -0.25) is 0 Å². The molecule has 1 aliphatic heterocycles. The van der Waals surface area contributed by atoms with Crippen LogP contribution in [-0.2, 0) is 11.3 Å². The zero-order valence-electron chi connectivity index (χ0n) is 8.93. The van der Waals surface area contributed by atoms with Crippen molar-refractivity contribution in [3.63, 3.8) is 0 Å². The molecule has 1 aliphatic carbocycles. The van der Waals surface area contributed by atoms with E-state index >= 15 is 0 Å². The smallest absolute Gasteiger partial charge is 0.0773 e. The maximum atomic E-state index is 5.89. The molecule has 1 aromatic rings. The Morgan fingerprint density at radius 2 is 2.13 bits per heavy atom. The highest BCUT2D eigenvalue weighted by molar-refractivity contribution is 4.96. The van der Waals surface area contributed by atoms with E-state index in [4.69, 9.17) is 4.74 Å². The fourth-order valence-electron chi connectivity index (χ4n) is 2.92. The van der Waals surface area contributed by atoms with Crippen molar-refractivity contribution in [2.75, 3.05) is 13.2 Å². The van der Waals surface area contributed by atoms with Gasteiger partial charge in [-0.1, -0.05) is 0 Å². The lowest BCUT2D eigenvalue weighted by Crippen LogP contribution is -2.47. The Morgan fingerprint density at radius 3 is 3.00 bits per heavy atom. The molecule has 1 saturated carbocycles. The molecule has 3 rings (SSSR count). The van der Waals surface area contributed by atoms with Crippen LogP contribution < -0.4 is 5.32 Å². The van der Waals surface area contributed by atoms with E-state index in [9.17, 15) is 0 Å². The van der Waals surface area contributed by atoms with Crippen LogP contribution in [0.5, 0.6) is 0 Å². The number of rotatable bonds is 2. The van der Waals surface area contributed by atoms with Crippen molar-refractivity contribution in [3.8, 4) is 0 Å². The summed E-state index contributed by atoms with van der Waals surface area (Å²) in [6.07, 6.45) is 7.30. The van der Waals surface area contributed by atoms with Crippen LogP contribution >= 0.6 is 0 Å². The van der Waals surface area contributed by atoms with Crippen molar-refractivity contribution in [1.29, 1.82) is 0 Å². The molecule has 2 heterocycles. The van der Waals surface area contributed by atoms with E-state index in [-0.39, 0.29) is 0 Å². The van der Waals surface area contributed by atoms with Gasteiger partial charge in [0, 0.05) is 37.4 Å². The van der Waals surface area contributed by atoms with Gasteiger partial charge < -0.3 is 14.6 Å². The summed E-state index contributed by atoms with van der Waals surface area (Å²) in [7, 11) is 0. The molecular formula is C12H18N2O. The Bertz CT molecular complexity index is 309. The van der Waals surface area contributed by atoms with E-state index in [1.807, 2.05) is 0 Å². The molecule has 1 N–H and O–H groups in total. The third-order valence-corrected chi connectivity index (χ3v) is 3.64. The minimum absolute atomic E-state index is 0.446. The second-order valence-corrected chi connectivity index (χ2v) is 4.61. The molecule has 3 nitrogen and oxygen atoms in total. The predicted octanol–water partition coefficient (Wildman–Crippen LogP) is 1.26. The monoisotopic (exact) mass is 206 g/mol. The zero-order chi connectivity index (χ0) is 10.1. The molecule has 0 bridgehead atoms. The molecule has 0 amide bonds. The molecular weight excluding hydrogens is 188 g/mol. The van der Waals surface area contributed by atoms with Crippen molar-refractivity contribution >= 4 is 0 Å². The highest BCUT2D eigenvalue weighted by Crippen LogP contribution is 2.31. The summed E-state index contributed by atoms with van der Waals surface area (Å²) < 4.78 is 8.16. The number of ether oxygens (including phenoxy) is 1. The number of nitrogens with zero attached hydrogens (tertiary/aromatic N) is 1. The summed E-state index contributed by atoms with van der Waals surface area (Å²) in [5.74, 6) is 0.690. The summed E-state index contributed by atoms with van der Waals surface area (Å²) in [5.41, 5.74) is 0. The van der Waals surface area contributed by atoms with Crippen LogP contribution in [0.1, 0.15) is 12.8 Å². The van der Waals surface area contributed by atoms with Crippen molar-refractivity contribution < 1.29 is 4.74 Å². The van der Waals surface area contributed by atoms with E-state index in [2.05, 4.69) is 34.4 Å². The Hall–Kier alpha value is -0.800. The first kappa shape index (κ1) is 9.43. The Kier molecular flexibility index (Phi) is 2.51. The summed E-state index contributed by atoms with van der Waals surface area (Å²) in [4.78, 5) is 0. The average molecular weight is 206 g/mol. The average Bonchev–Trinajstić information content (AvgIpc) is 2.89. The van der Waals surface area contributed by atoms with Gasteiger partial charge in [0.05, 0.1) is 12.7 Å². The van der Waals surface area contributed by atoms with Crippen molar-refractivity contribution in [1.82, 2.24) is 9.88 Å². The molecule has 0 spiro atoms. The van der Waals surface area contributed by atoms with Gasteiger partial charge in [-0.05, 0) is 25.0 Å². The van der Waals surface area contributed by atoms with Gasteiger partial charge in [-0.15, -0.1) is 0 Å². The molecule has 1 saturated heterocycles. The van der Waals surface area contributed by atoms with Crippen LogP contribution in [0, 0.1) is 5.92 Å².